The maximum absolute atomic E-state index is 10.9. The molecule has 0 bridgehead atoms. The van der Waals surface area contributed by atoms with Gasteiger partial charge in [-0.25, -0.2) is 9.48 Å². The highest BCUT2D eigenvalue weighted by Crippen LogP contribution is 2.15. The number of nitrogens with zero attached hydrogens (tertiary/aromatic N) is 4. The van der Waals surface area contributed by atoms with Gasteiger partial charge in [0, 0.05) is 6.54 Å². The molecule has 2 rings (SSSR count). The second kappa shape index (κ2) is 11.2. The quantitative estimate of drug-likeness (QED) is 0.757. The number of nitrogens with one attached hydrogen (secondary N) is 1. The van der Waals surface area contributed by atoms with Gasteiger partial charge in [-0.15, -0.1) is 5.10 Å². The van der Waals surface area contributed by atoms with Gasteiger partial charge < -0.3 is 4.74 Å². The minimum atomic E-state index is -2.77. The number of aromatic nitrogens is 3. The van der Waals surface area contributed by atoms with Gasteiger partial charge in [0.15, 0.2) is 0 Å². The third kappa shape index (κ3) is 8.10. The zero-order valence-electron chi connectivity index (χ0n) is 13.8. The first-order valence-corrected chi connectivity index (χ1v) is 8.92. The summed E-state index contributed by atoms with van der Waals surface area (Å²) in [5.74, 6) is 1.33. The number of rotatable bonds is 4. The first-order valence-electron chi connectivity index (χ1n) is 7.08. The SMILES string of the molecule is CCn1nc(NC(=O)N=S(=O)=O)nc1C.ClC=C(Cl)Oc1ccccc1. The van der Waals surface area contributed by atoms with E-state index < -0.39 is 16.5 Å². The van der Waals surface area contributed by atoms with Crippen LogP contribution in [0.25, 0.3) is 0 Å². The van der Waals surface area contributed by atoms with Crippen LogP contribution in [0.1, 0.15) is 12.7 Å². The van der Waals surface area contributed by atoms with Crippen molar-refractivity contribution in [1.29, 1.82) is 0 Å². The van der Waals surface area contributed by atoms with Gasteiger partial charge in [0.05, 0.1) is 5.54 Å². The van der Waals surface area contributed by atoms with Crippen LogP contribution in [0.15, 0.2) is 45.4 Å². The summed E-state index contributed by atoms with van der Waals surface area (Å²) < 4.78 is 29.4. The molecule has 9 nitrogen and oxygen atoms in total. The number of para-hydroxylation sites is 1. The summed E-state index contributed by atoms with van der Waals surface area (Å²) in [7, 11) is -2.77. The average Bonchev–Trinajstić information content (AvgIpc) is 2.94. The van der Waals surface area contributed by atoms with Gasteiger partial charge in [-0.1, -0.05) is 34.2 Å². The minimum absolute atomic E-state index is 0.0357. The van der Waals surface area contributed by atoms with Crippen LogP contribution >= 0.6 is 23.2 Å². The Hall–Kier alpha value is -2.43. The van der Waals surface area contributed by atoms with Crippen molar-refractivity contribution < 1.29 is 17.9 Å². The van der Waals surface area contributed by atoms with Crippen molar-refractivity contribution in [2.45, 2.75) is 20.4 Å². The maximum Gasteiger partial charge on any atom is 0.362 e. The van der Waals surface area contributed by atoms with Gasteiger partial charge in [0.2, 0.25) is 5.22 Å². The number of benzene rings is 1. The van der Waals surface area contributed by atoms with E-state index in [9.17, 15) is 13.2 Å². The van der Waals surface area contributed by atoms with Crippen LogP contribution in [-0.2, 0) is 17.0 Å². The standard InChI is InChI=1S/C8H6Cl2O.C6H9N5O3S/c9-6-8(10)11-7-4-2-1-3-5-7;1-3-11-4(2)7-5(9-11)8-6(12)10-15(13)14/h1-6H;3H2,1-2H3,(H,8,9,12). The number of carbonyl (C=O) groups excluding carboxylic acids is 1. The number of ether oxygens (including phenoxy) is 1. The summed E-state index contributed by atoms with van der Waals surface area (Å²) in [6, 6.07) is 8.18. The topological polar surface area (TPSA) is 116 Å². The van der Waals surface area contributed by atoms with E-state index in [1.54, 1.807) is 23.7 Å². The van der Waals surface area contributed by atoms with Gasteiger partial charge in [-0.2, -0.15) is 13.4 Å². The fourth-order valence-electron chi connectivity index (χ4n) is 1.58. The lowest BCUT2D eigenvalue weighted by molar-refractivity contribution is 0.259. The maximum atomic E-state index is 10.9. The van der Waals surface area contributed by atoms with E-state index in [4.69, 9.17) is 27.9 Å². The molecule has 1 aromatic heterocycles. The molecule has 0 aliphatic carbocycles. The Labute approximate surface area is 161 Å². The van der Waals surface area contributed by atoms with Crippen LogP contribution in [0, 0.1) is 6.92 Å². The summed E-state index contributed by atoms with van der Waals surface area (Å²) in [6.45, 7) is 4.19. The lowest BCUT2D eigenvalue weighted by Gasteiger charge is -2.00. The Morgan fingerprint density at radius 2 is 2.04 bits per heavy atom. The number of urea groups is 1. The Morgan fingerprint density at radius 3 is 2.54 bits per heavy atom. The summed E-state index contributed by atoms with van der Waals surface area (Å²) >= 11 is 10.8. The van der Waals surface area contributed by atoms with E-state index in [1.807, 2.05) is 25.1 Å². The number of anilines is 1. The Balaban J connectivity index is 0.000000273. The molecule has 0 atom stereocenters. The van der Waals surface area contributed by atoms with Crippen LogP contribution in [0.3, 0.4) is 0 Å². The Bertz CT molecular complexity index is 889. The molecule has 0 radical (unpaired) electrons. The second-order valence-electron chi connectivity index (χ2n) is 4.37. The summed E-state index contributed by atoms with van der Waals surface area (Å²) in [4.78, 5) is 14.8. The molecule has 0 fully saturated rings. The molecule has 0 aliphatic rings. The van der Waals surface area contributed by atoms with Crippen LogP contribution in [0.2, 0.25) is 0 Å². The molecule has 26 heavy (non-hydrogen) atoms. The van der Waals surface area contributed by atoms with Crippen LogP contribution in [0.5, 0.6) is 5.75 Å². The average molecular weight is 420 g/mol. The predicted octanol–water partition coefficient (Wildman–Crippen LogP) is 3.54. The molecule has 140 valence electrons. The monoisotopic (exact) mass is 419 g/mol. The van der Waals surface area contributed by atoms with Gasteiger partial charge >= 0.3 is 16.5 Å². The van der Waals surface area contributed by atoms with Crippen molar-refractivity contribution in [2.75, 3.05) is 5.32 Å². The zero-order chi connectivity index (χ0) is 19.5. The van der Waals surface area contributed by atoms with Crippen molar-refractivity contribution in [1.82, 2.24) is 14.8 Å². The minimum Gasteiger partial charge on any atom is -0.444 e. The third-order valence-electron chi connectivity index (χ3n) is 2.58. The molecule has 1 N–H and O–H groups in total. The van der Waals surface area contributed by atoms with Crippen molar-refractivity contribution >= 4 is 45.7 Å². The molecule has 1 heterocycles. The Kier molecular flexibility index (Phi) is 9.34. The van der Waals surface area contributed by atoms with Crippen molar-refractivity contribution in [2.24, 2.45) is 4.36 Å². The second-order valence-corrected chi connectivity index (χ2v) is 5.57. The molecule has 0 aliphatic heterocycles. The van der Waals surface area contributed by atoms with Gasteiger partial charge in [-0.05, 0) is 37.6 Å². The van der Waals surface area contributed by atoms with E-state index in [-0.39, 0.29) is 11.2 Å². The smallest absolute Gasteiger partial charge is 0.362 e. The first-order chi connectivity index (χ1) is 12.3. The lowest BCUT2D eigenvalue weighted by Crippen LogP contribution is -2.07. The molecule has 0 saturated heterocycles. The summed E-state index contributed by atoms with van der Waals surface area (Å²) in [5.41, 5.74) is 1.18. The highest BCUT2D eigenvalue weighted by Gasteiger charge is 2.07. The molecule has 0 spiro atoms. The predicted molar refractivity (Wildman–Crippen MR) is 97.7 cm³/mol. The molecular weight excluding hydrogens is 405 g/mol. The molecule has 2 amide bonds. The summed E-state index contributed by atoms with van der Waals surface area (Å²) in [5, 5.41) is 6.18. The highest BCUT2D eigenvalue weighted by atomic mass is 35.5. The van der Waals surface area contributed by atoms with Gasteiger partial charge in [0.1, 0.15) is 11.6 Å². The molecule has 12 heteroatoms. The van der Waals surface area contributed by atoms with E-state index in [1.165, 1.54) is 5.54 Å². The molecule has 0 unspecified atom stereocenters. The lowest BCUT2D eigenvalue weighted by atomic mass is 10.3. The number of aryl methyl sites for hydroxylation is 2. The molecular formula is C14H15Cl2N5O4S. The van der Waals surface area contributed by atoms with Gasteiger partial charge in [0.25, 0.3) is 5.95 Å². The summed E-state index contributed by atoms with van der Waals surface area (Å²) in [6.07, 6.45) is 0. The normalized spacial score (nSPS) is 10.4. The third-order valence-corrected chi connectivity index (χ3v) is 3.39. The number of hydrogen-bond donors (Lipinski definition) is 1. The highest BCUT2D eigenvalue weighted by molar-refractivity contribution is 7.62. The van der Waals surface area contributed by atoms with Crippen molar-refractivity contribution in [3.63, 3.8) is 0 Å². The van der Waals surface area contributed by atoms with E-state index >= 15 is 0 Å². The van der Waals surface area contributed by atoms with Gasteiger partial charge in [-0.3, -0.25) is 5.32 Å². The van der Waals surface area contributed by atoms with Crippen LogP contribution in [-0.4, -0.2) is 29.2 Å². The van der Waals surface area contributed by atoms with E-state index in [0.717, 1.165) is 0 Å². The Morgan fingerprint density at radius 1 is 1.38 bits per heavy atom. The number of carbonyl (C=O) groups is 1. The first kappa shape index (κ1) is 21.6. The fraction of sp³-hybridized carbons (Fsp3) is 0.214. The number of amides is 2. The fourth-order valence-corrected chi connectivity index (χ4v) is 1.90. The van der Waals surface area contributed by atoms with E-state index in [2.05, 4.69) is 19.8 Å². The molecule has 2 aromatic rings. The van der Waals surface area contributed by atoms with Crippen molar-refractivity contribution in [3.8, 4) is 5.75 Å². The van der Waals surface area contributed by atoms with Crippen LogP contribution < -0.4 is 10.1 Å². The largest absolute Gasteiger partial charge is 0.444 e. The zero-order valence-corrected chi connectivity index (χ0v) is 16.1. The number of halogens is 2. The van der Waals surface area contributed by atoms with Crippen molar-refractivity contribution in [3.05, 3.63) is 46.9 Å². The number of hydrogen-bond acceptors (Lipinski definition) is 6. The molecule has 1 aromatic carbocycles. The van der Waals surface area contributed by atoms with Crippen LogP contribution in [0.4, 0.5) is 10.7 Å². The molecule has 0 saturated carbocycles. The van der Waals surface area contributed by atoms with E-state index in [0.29, 0.717) is 18.1 Å².